The SMILES string of the molecule is CCCCOc1ccc(Br)cc1C1C(C(=O)OCc2ccccc2)=C(C)Nc2nc(SCc3ccccc3Cl)nn21. The van der Waals surface area contributed by atoms with E-state index in [0.717, 1.165) is 34.0 Å². The van der Waals surface area contributed by atoms with Crippen molar-refractivity contribution in [2.45, 2.75) is 50.2 Å². The van der Waals surface area contributed by atoms with E-state index in [1.807, 2.05) is 79.7 Å². The van der Waals surface area contributed by atoms with Gasteiger partial charge in [0, 0.05) is 26.5 Å². The molecule has 0 radical (unpaired) electrons. The summed E-state index contributed by atoms with van der Waals surface area (Å²) >= 11 is 11.5. The first-order valence-corrected chi connectivity index (χ1v) is 15.5. The highest BCUT2D eigenvalue weighted by Crippen LogP contribution is 2.41. The third-order valence-electron chi connectivity index (χ3n) is 6.60. The normalized spacial score (nSPS) is 14.4. The monoisotopic (exact) mass is 652 g/mol. The molecule has 41 heavy (non-hydrogen) atoms. The quantitative estimate of drug-likeness (QED) is 0.0993. The second kappa shape index (κ2) is 13.6. The number of nitrogens with zero attached hydrogens (tertiary/aromatic N) is 3. The first-order valence-electron chi connectivity index (χ1n) is 13.4. The van der Waals surface area contributed by atoms with Gasteiger partial charge in [0.15, 0.2) is 0 Å². The van der Waals surface area contributed by atoms with Gasteiger partial charge in [0.25, 0.3) is 0 Å². The van der Waals surface area contributed by atoms with E-state index >= 15 is 0 Å². The van der Waals surface area contributed by atoms with Crippen molar-refractivity contribution >= 4 is 51.2 Å². The summed E-state index contributed by atoms with van der Waals surface area (Å²) in [6, 6.07) is 22.5. The topological polar surface area (TPSA) is 78.3 Å². The number of hydrogen-bond donors (Lipinski definition) is 1. The van der Waals surface area contributed by atoms with Crippen LogP contribution in [-0.2, 0) is 21.9 Å². The van der Waals surface area contributed by atoms with E-state index in [0.29, 0.717) is 45.5 Å². The predicted octanol–water partition coefficient (Wildman–Crippen LogP) is 8.20. The number of rotatable bonds is 11. The Kier molecular flexibility index (Phi) is 9.69. The fourth-order valence-corrected chi connectivity index (χ4v) is 5.99. The molecular formula is C31H30BrClN4O3S. The maximum absolute atomic E-state index is 13.7. The van der Waals surface area contributed by atoms with Crippen LogP contribution in [0.4, 0.5) is 5.95 Å². The van der Waals surface area contributed by atoms with Crippen LogP contribution in [0.15, 0.2) is 93.7 Å². The summed E-state index contributed by atoms with van der Waals surface area (Å²) in [4.78, 5) is 18.5. The average Bonchev–Trinajstić information content (AvgIpc) is 3.38. The van der Waals surface area contributed by atoms with Gasteiger partial charge >= 0.3 is 5.97 Å². The van der Waals surface area contributed by atoms with E-state index in [-0.39, 0.29) is 6.61 Å². The summed E-state index contributed by atoms with van der Waals surface area (Å²) in [7, 11) is 0. The molecule has 1 aliphatic rings. The Labute approximate surface area is 257 Å². The van der Waals surface area contributed by atoms with Gasteiger partial charge in [0.2, 0.25) is 11.1 Å². The van der Waals surface area contributed by atoms with Gasteiger partial charge in [0.05, 0.1) is 12.2 Å². The number of esters is 1. The van der Waals surface area contributed by atoms with Crippen LogP contribution in [0.2, 0.25) is 5.02 Å². The molecule has 0 spiro atoms. The number of carbonyl (C=O) groups is 1. The lowest BCUT2D eigenvalue weighted by Gasteiger charge is -2.29. The molecule has 1 aromatic heterocycles. The van der Waals surface area contributed by atoms with Gasteiger partial charge in [-0.25, -0.2) is 9.48 Å². The summed E-state index contributed by atoms with van der Waals surface area (Å²) in [5, 5.41) is 9.40. The van der Waals surface area contributed by atoms with Gasteiger partial charge in [-0.1, -0.05) is 101 Å². The van der Waals surface area contributed by atoms with Crippen molar-refractivity contribution in [3.05, 3.63) is 110 Å². The molecule has 0 saturated carbocycles. The summed E-state index contributed by atoms with van der Waals surface area (Å²) in [6.07, 6.45) is 1.93. The largest absolute Gasteiger partial charge is 0.493 e. The van der Waals surface area contributed by atoms with Crippen LogP contribution < -0.4 is 10.1 Å². The minimum atomic E-state index is -0.620. The van der Waals surface area contributed by atoms with Gasteiger partial charge in [-0.15, -0.1) is 5.10 Å². The third kappa shape index (κ3) is 6.97. The molecule has 7 nitrogen and oxygen atoms in total. The lowest BCUT2D eigenvalue weighted by atomic mass is 9.95. The van der Waals surface area contributed by atoms with Crippen LogP contribution in [0.1, 0.15) is 49.4 Å². The van der Waals surface area contributed by atoms with Crippen molar-refractivity contribution in [2.24, 2.45) is 0 Å². The second-order valence-electron chi connectivity index (χ2n) is 9.55. The zero-order valence-corrected chi connectivity index (χ0v) is 25.9. The van der Waals surface area contributed by atoms with Gasteiger partial charge in [0.1, 0.15) is 18.4 Å². The zero-order chi connectivity index (χ0) is 28.8. The zero-order valence-electron chi connectivity index (χ0n) is 22.8. The van der Waals surface area contributed by atoms with Crippen molar-refractivity contribution in [3.8, 4) is 5.75 Å². The number of unbranched alkanes of at least 4 members (excludes halogenated alkanes) is 1. The van der Waals surface area contributed by atoms with Gasteiger partial charge in [-0.05, 0) is 48.7 Å². The summed E-state index contributed by atoms with van der Waals surface area (Å²) < 4.78 is 14.7. The molecule has 2 heterocycles. The maximum atomic E-state index is 13.7. The van der Waals surface area contributed by atoms with E-state index in [9.17, 15) is 4.79 Å². The van der Waals surface area contributed by atoms with Gasteiger partial charge in [-0.3, -0.25) is 0 Å². The number of halogens is 2. The summed E-state index contributed by atoms with van der Waals surface area (Å²) in [5.41, 5.74) is 3.78. The second-order valence-corrected chi connectivity index (χ2v) is 11.8. The summed E-state index contributed by atoms with van der Waals surface area (Å²) in [6.45, 7) is 4.70. The Balaban J connectivity index is 1.51. The van der Waals surface area contributed by atoms with E-state index in [2.05, 4.69) is 28.2 Å². The highest BCUT2D eigenvalue weighted by molar-refractivity contribution is 9.10. The van der Waals surface area contributed by atoms with E-state index < -0.39 is 12.0 Å². The number of nitrogens with one attached hydrogen (secondary N) is 1. The van der Waals surface area contributed by atoms with Crippen LogP contribution in [0.25, 0.3) is 0 Å². The molecule has 0 fully saturated rings. The van der Waals surface area contributed by atoms with Crippen molar-refractivity contribution in [2.75, 3.05) is 11.9 Å². The number of aromatic nitrogens is 3. The van der Waals surface area contributed by atoms with Crippen LogP contribution >= 0.6 is 39.3 Å². The lowest BCUT2D eigenvalue weighted by Crippen LogP contribution is -2.30. The molecule has 1 atom stereocenters. The molecule has 1 unspecified atom stereocenters. The highest BCUT2D eigenvalue weighted by atomic mass is 79.9. The molecule has 1 N–H and O–H groups in total. The number of thioether (sulfide) groups is 1. The Morgan fingerprint density at radius 3 is 2.68 bits per heavy atom. The molecule has 0 saturated heterocycles. The van der Waals surface area contributed by atoms with Crippen LogP contribution in [0.5, 0.6) is 5.75 Å². The van der Waals surface area contributed by atoms with Crippen molar-refractivity contribution in [1.29, 1.82) is 0 Å². The number of allylic oxidation sites excluding steroid dienone is 1. The summed E-state index contributed by atoms with van der Waals surface area (Å²) in [5.74, 6) is 1.39. The molecule has 0 aliphatic carbocycles. The number of hydrogen-bond acceptors (Lipinski definition) is 7. The fourth-order valence-electron chi connectivity index (χ4n) is 4.49. The Hall–Kier alpha value is -3.27. The molecule has 4 aromatic rings. The molecule has 1 aliphatic heterocycles. The standard InChI is InChI=1S/C31H30BrClN4O3S/c1-3-4-16-39-26-15-14-23(32)17-24(26)28-27(29(38)40-18-21-10-6-5-7-11-21)20(2)34-30-35-31(36-37(28)30)41-19-22-12-8-9-13-25(22)33/h5-15,17,28H,3-4,16,18-19H2,1-2H3,(H,34,35,36). The smallest absolute Gasteiger partial charge is 0.338 e. The minimum Gasteiger partial charge on any atom is -0.493 e. The van der Waals surface area contributed by atoms with Crippen molar-refractivity contribution < 1.29 is 14.3 Å². The van der Waals surface area contributed by atoms with E-state index in [1.165, 1.54) is 11.8 Å². The van der Waals surface area contributed by atoms with Crippen LogP contribution in [0, 0.1) is 0 Å². The average molecular weight is 654 g/mol. The van der Waals surface area contributed by atoms with E-state index in [4.69, 9.17) is 31.2 Å². The van der Waals surface area contributed by atoms with Gasteiger partial charge in [-0.2, -0.15) is 4.98 Å². The number of ether oxygens (including phenoxy) is 2. The fraction of sp³-hybridized carbons (Fsp3) is 0.258. The maximum Gasteiger partial charge on any atom is 0.338 e. The van der Waals surface area contributed by atoms with Crippen molar-refractivity contribution in [3.63, 3.8) is 0 Å². The highest BCUT2D eigenvalue weighted by Gasteiger charge is 2.37. The Morgan fingerprint density at radius 2 is 1.90 bits per heavy atom. The predicted molar refractivity (Wildman–Crippen MR) is 166 cm³/mol. The molecule has 0 amide bonds. The van der Waals surface area contributed by atoms with Gasteiger partial charge < -0.3 is 14.8 Å². The van der Waals surface area contributed by atoms with E-state index in [1.54, 1.807) is 4.68 Å². The van der Waals surface area contributed by atoms with Crippen molar-refractivity contribution in [1.82, 2.24) is 14.8 Å². The molecule has 0 bridgehead atoms. The molecular weight excluding hydrogens is 624 g/mol. The Bertz CT molecular complexity index is 1560. The Morgan fingerprint density at radius 1 is 1.12 bits per heavy atom. The number of benzene rings is 3. The number of anilines is 1. The minimum absolute atomic E-state index is 0.157. The first kappa shape index (κ1) is 29.2. The molecule has 10 heteroatoms. The number of carbonyl (C=O) groups excluding carboxylic acids is 1. The lowest BCUT2D eigenvalue weighted by molar-refractivity contribution is -0.140. The third-order valence-corrected chi connectivity index (χ3v) is 8.35. The molecule has 212 valence electrons. The first-order chi connectivity index (χ1) is 19.9. The molecule has 3 aromatic carbocycles. The number of fused-ring (bicyclic) bond motifs is 1. The van der Waals surface area contributed by atoms with Crippen LogP contribution in [-0.4, -0.2) is 27.3 Å². The van der Waals surface area contributed by atoms with Crippen LogP contribution in [0.3, 0.4) is 0 Å². The molecule has 5 rings (SSSR count).